The molecule has 1 N–H and O–H groups in total. The van der Waals surface area contributed by atoms with Gasteiger partial charge in [-0.25, -0.2) is 0 Å². The summed E-state index contributed by atoms with van der Waals surface area (Å²) in [5, 5.41) is 3.48. The van der Waals surface area contributed by atoms with E-state index in [2.05, 4.69) is 29.1 Å². The van der Waals surface area contributed by atoms with Crippen molar-refractivity contribution in [3.63, 3.8) is 0 Å². The van der Waals surface area contributed by atoms with Crippen LogP contribution in [0.5, 0.6) is 0 Å². The molecular weight excluding hydrogens is 226 g/mol. The first-order valence-corrected chi connectivity index (χ1v) is 7.40. The molecule has 18 heavy (non-hydrogen) atoms. The Kier molecular flexibility index (Phi) is 8.59. The standard InChI is InChI=1S/C14H31N3O/c1-4-17-10-6-14(7-11-17)16(2)12-9-15-8-5-13-18-3/h14-15H,4-13H2,1-3H3. The third-order valence-electron chi connectivity index (χ3n) is 3.97. The van der Waals surface area contributed by atoms with Crippen molar-refractivity contribution in [2.45, 2.75) is 32.2 Å². The lowest BCUT2D eigenvalue weighted by Gasteiger charge is -2.36. The summed E-state index contributed by atoms with van der Waals surface area (Å²) in [5.41, 5.74) is 0. The van der Waals surface area contributed by atoms with Crippen molar-refractivity contribution in [2.75, 3.05) is 60.0 Å². The lowest BCUT2D eigenvalue weighted by molar-refractivity contribution is 0.132. The molecule has 4 heteroatoms. The van der Waals surface area contributed by atoms with Crippen LogP contribution in [0.4, 0.5) is 0 Å². The minimum Gasteiger partial charge on any atom is -0.385 e. The van der Waals surface area contributed by atoms with Crippen molar-refractivity contribution < 1.29 is 4.74 Å². The molecule has 4 nitrogen and oxygen atoms in total. The van der Waals surface area contributed by atoms with Gasteiger partial charge in [-0.15, -0.1) is 0 Å². The molecule has 0 aromatic heterocycles. The number of piperidine rings is 1. The summed E-state index contributed by atoms with van der Waals surface area (Å²) in [4.78, 5) is 5.07. The zero-order chi connectivity index (χ0) is 13.2. The predicted octanol–water partition coefficient (Wildman–Crippen LogP) is 1.03. The topological polar surface area (TPSA) is 27.7 Å². The molecular formula is C14H31N3O. The summed E-state index contributed by atoms with van der Waals surface area (Å²) >= 11 is 0. The van der Waals surface area contributed by atoms with E-state index in [1.165, 1.54) is 32.5 Å². The van der Waals surface area contributed by atoms with Crippen LogP contribution in [0.15, 0.2) is 0 Å². The number of hydrogen-bond donors (Lipinski definition) is 1. The van der Waals surface area contributed by atoms with Crippen molar-refractivity contribution in [3.05, 3.63) is 0 Å². The van der Waals surface area contributed by atoms with Crippen LogP contribution in [-0.2, 0) is 4.74 Å². The second kappa shape index (κ2) is 9.73. The highest BCUT2D eigenvalue weighted by atomic mass is 16.5. The quantitative estimate of drug-likeness (QED) is 0.624. The van der Waals surface area contributed by atoms with Gasteiger partial charge in [-0.3, -0.25) is 0 Å². The van der Waals surface area contributed by atoms with E-state index in [9.17, 15) is 0 Å². The van der Waals surface area contributed by atoms with E-state index in [0.717, 1.165) is 38.7 Å². The SMILES string of the molecule is CCN1CCC(N(C)CCNCCCOC)CC1. The summed E-state index contributed by atoms with van der Waals surface area (Å²) in [7, 11) is 4.03. The van der Waals surface area contributed by atoms with E-state index in [0.29, 0.717) is 0 Å². The van der Waals surface area contributed by atoms with E-state index >= 15 is 0 Å². The molecule has 1 aliphatic rings. The van der Waals surface area contributed by atoms with E-state index < -0.39 is 0 Å². The first kappa shape index (κ1) is 15.9. The van der Waals surface area contributed by atoms with Gasteiger partial charge in [0.1, 0.15) is 0 Å². The number of rotatable bonds is 9. The summed E-state index contributed by atoms with van der Waals surface area (Å²) in [6.45, 7) is 10.2. The van der Waals surface area contributed by atoms with E-state index in [-0.39, 0.29) is 0 Å². The summed E-state index contributed by atoms with van der Waals surface area (Å²) in [6, 6.07) is 0.786. The number of ether oxygens (including phenoxy) is 1. The van der Waals surface area contributed by atoms with Gasteiger partial charge in [-0.05, 0) is 52.5 Å². The number of nitrogens with one attached hydrogen (secondary N) is 1. The highest BCUT2D eigenvalue weighted by Gasteiger charge is 2.20. The predicted molar refractivity (Wildman–Crippen MR) is 77.1 cm³/mol. The van der Waals surface area contributed by atoms with Crippen LogP contribution < -0.4 is 5.32 Å². The van der Waals surface area contributed by atoms with Crippen molar-refractivity contribution in [1.29, 1.82) is 0 Å². The van der Waals surface area contributed by atoms with Gasteiger partial charge in [-0.1, -0.05) is 6.92 Å². The molecule has 108 valence electrons. The smallest absolute Gasteiger partial charge is 0.0474 e. The molecule has 1 aliphatic heterocycles. The Hall–Kier alpha value is -0.160. The van der Waals surface area contributed by atoms with Crippen LogP contribution in [0, 0.1) is 0 Å². The maximum Gasteiger partial charge on any atom is 0.0474 e. The molecule has 0 atom stereocenters. The van der Waals surface area contributed by atoms with Crippen LogP contribution in [0.25, 0.3) is 0 Å². The lowest BCUT2D eigenvalue weighted by atomic mass is 10.0. The molecule has 1 fully saturated rings. The van der Waals surface area contributed by atoms with Gasteiger partial charge in [0.05, 0.1) is 0 Å². The Labute approximate surface area is 113 Å². The fourth-order valence-corrected chi connectivity index (χ4v) is 2.58. The van der Waals surface area contributed by atoms with Crippen LogP contribution in [-0.4, -0.2) is 75.9 Å². The molecule has 0 spiro atoms. The van der Waals surface area contributed by atoms with Crippen LogP contribution in [0.1, 0.15) is 26.2 Å². The van der Waals surface area contributed by atoms with Gasteiger partial charge in [-0.2, -0.15) is 0 Å². The normalized spacial score (nSPS) is 18.7. The van der Waals surface area contributed by atoms with Gasteiger partial charge in [0.2, 0.25) is 0 Å². The first-order valence-electron chi connectivity index (χ1n) is 7.40. The molecule has 0 aliphatic carbocycles. The van der Waals surface area contributed by atoms with Gasteiger partial charge in [0.25, 0.3) is 0 Å². The highest BCUT2D eigenvalue weighted by Crippen LogP contribution is 2.14. The Morgan fingerprint density at radius 1 is 1.28 bits per heavy atom. The second-order valence-electron chi connectivity index (χ2n) is 5.24. The average Bonchev–Trinajstić information content (AvgIpc) is 2.42. The molecule has 0 aromatic carbocycles. The second-order valence-corrected chi connectivity index (χ2v) is 5.24. The van der Waals surface area contributed by atoms with Gasteiger partial charge >= 0.3 is 0 Å². The summed E-state index contributed by atoms with van der Waals surface area (Å²) < 4.78 is 5.03. The molecule has 0 unspecified atom stereocenters. The molecule has 0 amide bonds. The number of hydrogen-bond acceptors (Lipinski definition) is 4. The van der Waals surface area contributed by atoms with Crippen LogP contribution in [0.2, 0.25) is 0 Å². The first-order chi connectivity index (χ1) is 8.77. The van der Waals surface area contributed by atoms with Gasteiger partial charge in [0.15, 0.2) is 0 Å². The van der Waals surface area contributed by atoms with Crippen molar-refractivity contribution in [1.82, 2.24) is 15.1 Å². The van der Waals surface area contributed by atoms with E-state index in [1.807, 2.05) is 0 Å². The minimum absolute atomic E-state index is 0.786. The molecule has 0 saturated carbocycles. The molecule has 1 heterocycles. The summed E-state index contributed by atoms with van der Waals surface area (Å²) in [6.07, 6.45) is 3.76. The van der Waals surface area contributed by atoms with Gasteiger partial charge < -0.3 is 19.9 Å². The third-order valence-corrected chi connectivity index (χ3v) is 3.97. The number of likely N-dealkylation sites (N-methyl/N-ethyl adjacent to an activating group) is 1. The maximum atomic E-state index is 5.03. The minimum atomic E-state index is 0.786. The molecule has 0 aromatic rings. The Bertz CT molecular complexity index is 193. The fraction of sp³-hybridized carbons (Fsp3) is 1.00. The third kappa shape index (κ3) is 6.14. The summed E-state index contributed by atoms with van der Waals surface area (Å²) in [5.74, 6) is 0. The Morgan fingerprint density at radius 2 is 2.00 bits per heavy atom. The molecule has 1 saturated heterocycles. The number of likely N-dealkylation sites (tertiary alicyclic amines) is 1. The van der Waals surface area contributed by atoms with E-state index in [1.54, 1.807) is 7.11 Å². The monoisotopic (exact) mass is 257 g/mol. The van der Waals surface area contributed by atoms with Crippen molar-refractivity contribution in [2.24, 2.45) is 0 Å². The zero-order valence-electron chi connectivity index (χ0n) is 12.5. The Balaban J connectivity index is 2.01. The Morgan fingerprint density at radius 3 is 2.61 bits per heavy atom. The molecule has 0 radical (unpaired) electrons. The molecule has 1 rings (SSSR count). The number of methoxy groups -OCH3 is 1. The molecule has 0 bridgehead atoms. The number of nitrogens with zero attached hydrogens (tertiary/aromatic N) is 2. The lowest BCUT2D eigenvalue weighted by Crippen LogP contribution is -2.45. The zero-order valence-corrected chi connectivity index (χ0v) is 12.5. The van der Waals surface area contributed by atoms with Crippen molar-refractivity contribution in [3.8, 4) is 0 Å². The van der Waals surface area contributed by atoms with Crippen LogP contribution in [0.3, 0.4) is 0 Å². The van der Waals surface area contributed by atoms with E-state index in [4.69, 9.17) is 4.74 Å². The van der Waals surface area contributed by atoms with Crippen molar-refractivity contribution >= 4 is 0 Å². The van der Waals surface area contributed by atoms with Gasteiger partial charge in [0, 0.05) is 32.8 Å². The largest absolute Gasteiger partial charge is 0.385 e. The van der Waals surface area contributed by atoms with Crippen LogP contribution >= 0.6 is 0 Å². The maximum absolute atomic E-state index is 5.03. The fourth-order valence-electron chi connectivity index (χ4n) is 2.58. The highest BCUT2D eigenvalue weighted by molar-refractivity contribution is 4.77. The average molecular weight is 257 g/mol.